The normalized spacial score (nSPS) is 22.0. The highest BCUT2D eigenvalue weighted by Crippen LogP contribution is 2.24. The van der Waals surface area contributed by atoms with Crippen LogP contribution in [0.4, 0.5) is 5.00 Å². The molecule has 1 saturated carbocycles. The highest BCUT2D eigenvalue weighted by molar-refractivity contribution is 7.14. The number of hydrogen-bond donors (Lipinski definition) is 2. The maximum Gasteiger partial charge on any atom is 0.239 e. The maximum absolute atomic E-state index is 12.1. The van der Waals surface area contributed by atoms with Crippen molar-refractivity contribution in [3.63, 3.8) is 0 Å². The molecular weight excluding hydrogens is 284 g/mol. The van der Waals surface area contributed by atoms with Crippen LogP contribution in [-0.2, 0) is 4.79 Å². The van der Waals surface area contributed by atoms with Crippen LogP contribution in [0.1, 0.15) is 31.2 Å². The van der Waals surface area contributed by atoms with Crippen LogP contribution in [0, 0.1) is 11.3 Å². The van der Waals surface area contributed by atoms with E-state index in [0.29, 0.717) is 29.2 Å². The van der Waals surface area contributed by atoms with E-state index < -0.39 is 0 Å². The number of hydrogen-bond acceptors (Lipinski definition) is 5. The zero-order valence-corrected chi connectivity index (χ0v) is 13.4. The van der Waals surface area contributed by atoms with Crippen LogP contribution in [-0.4, -0.2) is 43.5 Å². The number of nitriles is 1. The van der Waals surface area contributed by atoms with E-state index in [1.54, 1.807) is 6.07 Å². The van der Waals surface area contributed by atoms with Crippen molar-refractivity contribution in [2.45, 2.75) is 37.8 Å². The molecule has 0 aromatic carbocycles. The Balaban J connectivity index is 1.81. The van der Waals surface area contributed by atoms with Gasteiger partial charge in [-0.25, -0.2) is 0 Å². The molecule has 1 aromatic heterocycles. The Morgan fingerprint density at radius 1 is 1.48 bits per heavy atom. The molecule has 0 saturated heterocycles. The molecule has 114 valence electrons. The largest absolute Gasteiger partial charge is 0.317 e. The number of nitrogens with zero attached hydrogens (tertiary/aromatic N) is 2. The minimum Gasteiger partial charge on any atom is -0.317 e. The van der Waals surface area contributed by atoms with Crippen molar-refractivity contribution in [2.75, 3.05) is 26.0 Å². The number of carbonyl (C=O) groups excluding carboxylic acids is 1. The molecular formula is C15H22N4OS. The van der Waals surface area contributed by atoms with Crippen LogP contribution in [0.5, 0.6) is 0 Å². The van der Waals surface area contributed by atoms with E-state index in [1.807, 2.05) is 19.5 Å². The second-order valence-corrected chi connectivity index (χ2v) is 6.45. The van der Waals surface area contributed by atoms with Gasteiger partial charge in [0.1, 0.15) is 11.1 Å². The summed E-state index contributed by atoms with van der Waals surface area (Å²) in [7, 11) is 4.01. The van der Waals surface area contributed by atoms with Crippen molar-refractivity contribution in [2.24, 2.45) is 0 Å². The van der Waals surface area contributed by atoms with Gasteiger partial charge in [-0.05, 0) is 51.2 Å². The molecule has 6 heteroatoms. The minimum atomic E-state index is -0.0489. The topological polar surface area (TPSA) is 68.2 Å². The fraction of sp³-hybridized carbons (Fsp3) is 0.600. The molecule has 0 unspecified atom stereocenters. The van der Waals surface area contributed by atoms with Gasteiger partial charge < -0.3 is 10.6 Å². The molecule has 1 aliphatic carbocycles. The number of anilines is 1. The molecule has 0 aliphatic heterocycles. The lowest BCUT2D eigenvalue weighted by Crippen LogP contribution is -2.42. The van der Waals surface area contributed by atoms with Gasteiger partial charge in [-0.3, -0.25) is 9.69 Å². The van der Waals surface area contributed by atoms with E-state index in [9.17, 15) is 4.79 Å². The number of amides is 1. The Bertz CT molecular complexity index is 514. The molecule has 0 atom stereocenters. The first kappa shape index (κ1) is 16.0. The third-order valence-electron chi connectivity index (χ3n) is 4.16. The predicted octanol–water partition coefficient (Wildman–Crippen LogP) is 2.02. The Morgan fingerprint density at radius 2 is 2.19 bits per heavy atom. The molecule has 0 bridgehead atoms. The van der Waals surface area contributed by atoms with Gasteiger partial charge in [0, 0.05) is 12.1 Å². The van der Waals surface area contributed by atoms with E-state index >= 15 is 0 Å². The maximum atomic E-state index is 12.1. The summed E-state index contributed by atoms with van der Waals surface area (Å²) in [6.07, 6.45) is 4.57. The summed E-state index contributed by atoms with van der Waals surface area (Å²) < 4.78 is 0. The van der Waals surface area contributed by atoms with Crippen molar-refractivity contribution in [1.82, 2.24) is 10.2 Å². The van der Waals surface area contributed by atoms with Crippen LogP contribution < -0.4 is 10.6 Å². The number of likely N-dealkylation sites (N-methyl/N-ethyl adjacent to an activating group) is 1. The summed E-state index contributed by atoms with van der Waals surface area (Å²) in [5.41, 5.74) is 0.533. The first-order valence-corrected chi connectivity index (χ1v) is 8.17. The molecule has 2 rings (SSSR count). The molecule has 1 heterocycles. The molecule has 1 fully saturated rings. The second-order valence-electron chi connectivity index (χ2n) is 5.53. The van der Waals surface area contributed by atoms with Gasteiger partial charge in [0.05, 0.1) is 12.1 Å². The second kappa shape index (κ2) is 7.55. The Morgan fingerprint density at radius 3 is 2.81 bits per heavy atom. The number of rotatable bonds is 5. The average Bonchev–Trinajstić information content (AvgIpc) is 2.94. The lowest BCUT2D eigenvalue weighted by molar-refractivity contribution is -0.117. The first-order valence-electron chi connectivity index (χ1n) is 7.29. The van der Waals surface area contributed by atoms with E-state index in [-0.39, 0.29) is 5.91 Å². The van der Waals surface area contributed by atoms with E-state index in [0.717, 1.165) is 25.7 Å². The summed E-state index contributed by atoms with van der Waals surface area (Å²) in [5, 5.41) is 17.6. The highest BCUT2D eigenvalue weighted by Gasteiger charge is 2.24. The number of thiophene rings is 1. The lowest BCUT2D eigenvalue weighted by atomic mass is 9.90. The van der Waals surface area contributed by atoms with E-state index in [4.69, 9.17) is 5.26 Å². The van der Waals surface area contributed by atoms with Gasteiger partial charge in [0.25, 0.3) is 0 Å². The highest BCUT2D eigenvalue weighted by atomic mass is 32.1. The van der Waals surface area contributed by atoms with Crippen molar-refractivity contribution < 1.29 is 4.79 Å². The summed E-state index contributed by atoms with van der Waals surface area (Å²) in [6, 6.07) is 4.90. The molecule has 0 radical (unpaired) electrons. The molecule has 21 heavy (non-hydrogen) atoms. The third kappa shape index (κ3) is 4.27. The summed E-state index contributed by atoms with van der Waals surface area (Å²) in [4.78, 5) is 14.2. The van der Waals surface area contributed by atoms with Gasteiger partial charge in [0.2, 0.25) is 5.91 Å². The summed E-state index contributed by atoms with van der Waals surface area (Å²) in [6.45, 7) is 0.373. The molecule has 1 aromatic rings. The standard InChI is InChI=1S/C15H22N4OS/c1-17-12-3-5-13(6-4-12)19(2)10-14(20)18-15-11(9-16)7-8-21-15/h7-8,12-13,17H,3-6,10H2,1-2H3,(H,18,20). The fourth-order valence-electron chi connectivity index (χ4n) is 2.82. The summed E-state index contributed by atoms with van der Waals surface area (Å²) in [5.74, 6) is -0.0489. The van der Waals surface area contributed by atoms with Crippen LogP contribution in [0.25, 0.3) is 0 Å². The first-order chi connectivity index (χ1) is 10.1. The van der Waals surface area contributed by atoms with Crippen molar-refractivity contribution in [3.05, 3.63) is 17.0 Å². The molecule has 2 N–H and O–H groups in total. The van der Waals surface area contributed by atoms with Crippen LogP contribution in [0.3, 0.4) is 0 Å². The van der Waals surface area contributed by atoms with E-state index in [2.05, 4.69) is 21.6 Å². The molecule has 1 amide bonds. The Hall–Kier alpha value is -1.42. The van der Waals surface area contributed by atoms with Gasteiger partial charge in [0.15, 0.2) is 0 Å². The van der Waals surface area contributed by atoms with Crippen molar-refractivity contribution in [3.8, 4) is 6.07 Å². The zero-order chi connectivity index (χ0) is 15.2. The Kier molecular flexibility index (Phi) is 5.74. The van der Waals surface area contributed by atoms with Gasteiger partial charge >= 0.3 is 0 Å². The number of carbonyl (C=O) groups is 1. The molecule has 5 nitrogen and oxygen atoms in total. The van der Waals surface area contributed by atoms with Crippen LogP contribution in [0.15, 0.2) is 11.4 Å². The van der Waals surface area contributed by atoms with Crippen LogP contribution in [0.2, 0.25) is 0 Å². The molecule has 0 spiro atoms. The minimum absolute atomic E-state index is 0.0489. The van der Waals surface area contributed by atoms with Gasteiger partial charge in [-0.2, -0.15) is 5.26 Å². The summed E-state index contributed by atoms with van der Waals surface area (Å²) >= 11 is 1.39. The van der Waals surface area contributed by atoms with Gasteiger partial charge in [-0.1, -0.05) is 0 Å². The van der Waals surface area contributed by atoms with Crippen molar-refractivity contribution in [1.29, 1.82) is 5.26 Å². The van der Waals surface area contributed by atoms with Crippen molar-refractivity contribution >= 4 is 22.2 Å². The predicted molar refractivity (Wildman–Crippen MR) is 85.4 cm³/mol. The number of nitrogens with one attached hydrogen (secondary N) is 2. The van der Waals surface area contributed by atoms with Gasteiger partial charge in [-0.15, -0.1) is 11.3 Å². The Labute approximate surface area is 129 Å². The smallest absolute Gasteiger partial charge is 0.239 e. The van der Waals surface area contributed by atoms with E-state index in [1.165, 1.54) is 11.3 Å². The fourth-order valence-corrected chi connectivity index (χ4v) is 3.57. The quantitative estimate of drug-likeness (QED) is 0.873. The SMILES string of the molecule is CNC1CCC(N(C)CC(=O)Nc2sccc2C#N)CC1. The molecule has 1 aliphatic rings. The third-order valence-corrected chi connectivity index (χ3v) is 4.99. The monoisotopic (exact) mass is 306 g/mol. The van der Waals surface area contributed by atoms with Crippen LogP contribution >= 0.6 is 11.3 Å². The lowest BCUT2D eigenvalue weighted by Gasteiger charge is -2.34. The average molecular weight is 306 g/mol. The zero-order valence-electron chi connectivity index (χ0n) is 12.6.